The van der Waals surface area contributed by atoms with Gasteiger partial charge in [0.2, 0.25) is 10.0 Å². The third-order valence-electron chi connectivity index (χ3n) is 4.43. The molecule has 0 aromatic heterocycles. The summed E-state index contributed by atoms with van der Waals surface area (Å²) in [4.78, 5) is 13.6. The van der Waals surface area contributed by atoms with Gasteiger partial charge in [-0.05, 0) is 61.9 Å². The predicted molar refractivity (Wildman–Crippen MR) is 108 cm³/mol. The van der Waals surface area contributed by atoms with E-state index < -0.39 is 10.0 Å². The summed E-state index contributed by atoms with van der Waals surface area (Å²) < 4.78 is 26.1. The highest BCUT2D eigenvalue weighted by molar-refractivity contribution is 7.98. The van der Waals surface area contributed by atoms with E-state index in [0.29, 0.717) is 24.2 Å². The molecule has 138 valence electrons. The van der Waals surface area contributed by atoms with Crippen molar-refractivity contribution in [2.45, 2.75) is 24.7 Å². The summed E-state index contributed by atoms with van der Waals surface area (Å²) in [5.41, 5.74) is 2.72. The van der Waals surface area contributed by atoms with Crippen molar-refractivity contribution in [3.8, 4) is 0 Å². The number of sulfonamides is 1. The lowest BCUT2D eigenvalue weighted by Crippen LogP contribution is -2.38. The molecule has 1 aliphatic heterocycles. The molecule has 0 atom stereocenters. The molecule has 0 radical (unpaired) electrons. The van der Waals surface area contributed by atoms with Gasteiger partial charge in [0, 0.05) is 17.0 Å². The molecule has 7 heteroatoms. The van der Waals surface area contributed by atoms with Crippen LogP contribution in [-0.2, 0) is 10.0 Å². The van der Waals surface area contributed by atoms with E-state index in [4.69, 9.17) is 0 Å². The fraction of sp³-hybridized carbons (Fsp3) is 0.316. The van der Waals surface area contributed by atoms with E-state index in [2.05, 4.69) is 5.32 Å². The maximum Gasteiger partial charge on any atom is 0.255 e. The van der Waals surface area contributed by atoms with E-state index in [9.17, 15) is 13.2 Å². The Kier molecular flexibility index (Phi) is 5.58. The first-order valence-corrected chi connectivity index (χ1v) is 11.3. The second-order valence-electron chi connectivity index (χ2n) is 6.25. The molecule has 0 aliphatic carbocycles. The van der Waals surface area contributed by atoms with Gasteiger partial charge in [-0.1, -0.05) is 12.1 Å². The Morgan fingerprint density at radius 1 is 1.15 bits per heavy atom. The molecule has 1 amide bonds. The number of benzene rings is 2. The highest BCUT2D eigenvalue weighted by atomic mass is 32.2. The molecule has 1 aliphatic rings. The Balaban J connectivity index is 1.84. The van der Waals surface area contributed by atoms with Gasteiger partial charge in [-0.25, -0.2) is 8.42 Å². The Bertz CT molecular complexity index is 926. The molecule has 1 fully saturated rings. The third-order valence-corrected chi connectivity index (χ3v) is 7.08. The lowest BCUT2D eigenvalue weighted by molar-refractivity contribution is 0.102. The highest BCUT2D eigenvalue weighted by Gasteiger charge is 2.27. The number of amides is 1. The number of anilines is 2. The van der Waals surface area contributed by atoms with E-state index in [1.807, 2.05) is 37.4 Å². The molecule has 3 rings (SSSR count). The maximum absolute atomic E-state index is 12.6. The van der Waals surface area contributed by atoms with Gasteiger partial charge in [0.05, 0.1) is 17.1 Å². The summed E-state index contributed by atoms with van der Waals surface area (Å²) in [5, 5.41) is 2.93. The molecular formula is C19H22N2O3S2. The number of carbonyl (C=O) groups is 1. The molecule has 0 spiro atoms. The number of hydrogen-bond acceptors (Lipinski definition) is 4. The average molecular weight is 391 g/mol. The van der Waals surface area contributed by atoms with Crippen LogP contribution in [0.25, 0.3) is 0 Å². The van der Waals surface area contributed by atoms with Gasteiger partial charge in [0.25, 0.3) is 5.91 Å². The summed E-state index contributed by atoms with van der Waals surface area (Å²) in [5.74, 6) is -0.0252. The SMILES string of the molecule is CSc1ccccc1NC(=O)c1ccc(N2CCCCS2(=O)=O)c(C)c1. The van der Waals surface area contributed by atoms with Gasteiger partial charge < -0.3 is 5.32 Å². The van der Waals surface area contributed by atoms with Crippen LogP contribution in [0.15, 0.2) is 47.4 Å². The van der Waals surface area contributed by atoms with Crippen molar-refractivity contribution < 1.29 is 13.2 Å². The maximum atomic E-state index is 12.6. The van der Waals surface area contributed by atoms with Crippen LogP contribution in [-0.4, -0.2) is 32.9 Å². The number of thioether (sulfide) groups is 1. The van der Waals surface area contributed by atoms with Crippen molar-refractivity contribution in [3.63, 3.8) is 0 Å². The zero-order valence-corrected chi connectivity index (χ0v) is 16.5. The van der Waals surface area contributed by atoms with Crippen molar-refractivity contribution in [1.29, 1.82) is 0 Å². The molecule has 5 nitrogen and oxygen atoms in total. The molecule has 0 saturated carbocycles. The van der Waals surface area contributed by atoms with Crippen LogP contribution < -0.4 is 9.62 Å². The largest absolute Gasteiger partial charge is 0.321 e. The fourth-order valence-corrected chi connectivity index (χ4v) is 5.33. The molecule has 1 saturated heterocycles. The normalized spacial score (nSPS) is 16.3. The van der Waals surface area contributed by atoms with Crippen LogP contribution >= 0.6 is 11.8 Å². The van der Waals surface area contributed by atoms with Crippen LogP contribution in [0, 0.1) is 6.92 Å². The number of aryl methyl sites for hydroxylation is 1. The minimum absolute atomic E-state index is 0.181. The Morgan fingerprint density at radius 2 is 1.92 bits per heavy atom. The number of nitrogens with zero attached hydrogens (tertiary/aromatic N) is 1. The zero-order chi connectivity index (χ0) is 18.7. The zero-order valence-electron chi connectivity index (χ0n) is 14.9. The minimum atomic E-state index is -3.26. The number of carbonyl (C=O) groups excluding carboxylic acids is 1. The molecule has 2 aromatic carbocycles. The summed E-state index contributed by atoms with van der Waals surface area (Å²) in [6.45, 7) is 2.34. The van der Waals surface area contributed by atoms with Crippen LogP contribution in [0.2, 0.25) is 0 Å². The fourth-order valence-electron chi connectivity index (χ4n) is 3.08. The minimum Gasteiger partial charge on any atom is -0.321 e. The van der Waals surface area contributed by atoms with E-state index >= 15 is 0 Å². The number of para-hydroxylation sites is 1. The summed E-state index contributed by atoms with van der Waals surface area (Å²) >= 11 is 1.57. The van der Waals surface area contributed by atoms with E-state index in [1.165, 1.54) is 4.31 Å². The summed E-state index contributed by atoms with van der Waals surface area (Å²) in [6.07, 6.45) is 3.52. The molecule has 2 aromatic rings. The Morgan fingerprint density at radius 3 is 2.62 bits per heavy atom. The monoisotopic (exact) mass is 390 g/mol. The number of hydrogen-bond donors (Lipinski definition) is 1. The van der Waals surface area contributed by atoms with Gasteiger partial charge in [-0.3, -0.25) is 9.10 Å². The van der Waals surface area contributed by atoms with Crippen LogP contribution in [0.3, 0.4) is 0 Å². The van der Waals surface area contributed by atoms with E-state index in [-0.39, 0.29) is 11.7 Å². The van der Waals surface area contributed by atoms with Crippen LogP contribution in [0.1, 0.15) is 28.8 Å². The van der Waals surface area contributed by atoms with Crippen molar-refractivity contribution in [2.24, 2.45) is 0 Å². The molecule has 0 unspecified atom stereocenters. The first kappa shape index (κ1) is 18.8. The lowest BCUT2D eigenvalue weighted by atomic mass is 10.1. The Labute approximate surface area is 158 Å². The average Bonchev–Trinajstić information content (AvgIpc) is 2.62. The number of nitrogens with one attached hydrogen (secondary N) is 1. The van der Waals surface area contributed by atoms with Gasteiger partial charge in [0.15, 0.2) is 0 Å². The number of rotatable bonds is 4. The second kappa shape index (κ2) is 7.72. The third kappa shape index (κ3) is 3.88. The summed E-state index contributed by atoms with van der Waals surface area (Å²) in [7, 11) is -3.26. The van der Waals surface area contributed by atoms with Gasteiger partial charge in [-0.2, -0.15) is 0 Å². The highest BCUT2D eigenvalue weighted by Crippen LogP contribution is 2.29. The van der Waals surface area contributed by atoms with E-state index in [1.54, 1.807) is 30.0 Å². The van der Waals surface area contributed by atoms with Gasteiger partial charge >= 0.3 is 0 Å². The lowest BCUT2D eigenvalue weighted by Gasteiger charge is -2.29. The van der Waals surface area contributed by atoms with Crippen molar-refractivity contribution in [3.05, 3.63) is 53.6 Å². The first-order chi connectivity index (χ1) is 12.4. The standard InChI is InChI=1S/C19H22N2O3S2/c1-14-13-15(19(22)20-16-7-3-4-8-18(16)25-2)9-10-17(14)21-11-5-6-12-26(21,23)24/h3-4,7-10,13H,5-6,11-12H2,1-2H3,(H,20,22). The van der Waals surface area contributed by atoms with Gasteiger partial charge in [-0.15, -0.1) is 11.8 Å². The topological polar surface area (TPSA) is 66.5 Å². The van der Waals surface area contributed by atoms with Crippen molar-refractivity contribution in [2.75, 3.05) is 28.2 Å². The molecule has 0 bridgehead atoms. The van der Waals surface area contributed by atoms with Crippen LogP contribution in [0.5, 0.6) is 0 Å². The smallest absolute Gasteiger partial charge is 0.255 e. The van der Waals surface area contributed by atoms with Crippen LogP contribution in [0.4, 0.5) is 11.4 Å². The summed E-state index contributed by atoms with van der Waals surface area (Å²) in [6, 6.07) is 12.8. The molecule has 1 N–H and O–H groups in total. The van der Waals surface area contributed by atoms with E-state index in [0.717, 1.165) is 22.6 Å². The van der Waals surface area contributed by atoms with Crippen molar-refractivity contribution >= 4 is 39.1 Å². The van der Waals surface area contributed by atoms with Crippen molar-refractivity contribution in [1.82, 2.24) is 0 Å². The second-order valence-corrected chi connectivity index (χ2v) is 9.11. The molecule has 26 heavy (non-hydrogen) atoms. The van der Waals surface area contributed by atoms with Gasteiger partial charge in [0.1, 0.15) is 0 Å². The molecule has 1 heterocycles. The predicted octanol–water partition coefficient (Wildman–Crippen LogP) is 3.90. The quantitative estimate of drug-likeness (QED) is 0.804. The molecular weight excluding hydrogens is 368 g/mol. The Hall–Kier alpha value is -1.99. The first-order valence-electron chi connectivity index (χ1n) is 8.48.